The lowest BCUT2D eigenvalue weighted by Gasteiger charge is -2.02. The second-order valence-corrected chi connectivity index (χ2v) is 6.50. The van der Waals surface area contributed by atoms with E-state index in [9.17, 15) is 13.2 Å². The van der Waals surface area contributed by atoms with Crippen molar-refractivity contribution >= 4 is 37.8 Å². The topological polar surface area (TPSA) is 101 Å². The number of amides is 1. The lowest BCUT2D eigenvalue weighted by Crippen LogP contribution is -2.23. The normalized spacial score (nSPS) is 11.0. The third kappa shape index (κ3) is 2.82. The molecule has 0 aliphatic rings. The second kappa shape index (κ2) is 5.40. The quantitative estimate of drug-likeness (QED) is 0.692. The Hall–Kier alpha value is -1.54. The Balaban J connectivity index is 3.29. The van der Waals surface area contributed by atoms with Crippen molar-refractivity contribution in [2.45, 2.75) is 4.90 Å². The monoisotopic (exact) mass is 289 g/mol. The highest BCUT2D eigenvalue weighted by Gasteiger charge is 2.26. The van der Waals surface area contributed by atoms with Gasteiger partial charge in [0.2, 0.25) is 0 Å². The molecule has 0 spiro atoms. The fraction of sp³-hybridized carbons (Fsp3) is 0.300. The SMILES string of the molecule is C=CCNC(=O)c1sc(NC)c(S(C)(=O)=O)c1N. The van der Waals surface area contributed by atoms with Gasteiger partial charge in [-0.3, -0.25) is 4.79 Å². The van der Waals surface area contributed by atoms with Gasteiger partial charge in [-0.1, -0.05) is 6.08 Å². The standard InChI is InChI=1S/C10H15N3O3S2/c1-4-5-13-9(14)7-6(11)8(18(3,15)16)10(12-2)17-7/h4,12H,1,5,11H2,2-3H3,(H,13,14). The third-order valence-electron chi connectivity index (χ3n) is 2.11. The van der Waals surface area contributed by atoms with Crippen molar-refractivity contribution in [3.8, 4) is 0 Å². The highest BCUT2D eigenvalue weighted by atomic mass is 32.2. The molecular weight excluding hydrogens is 274 g/mol. The van der Waals surface area contributed by atoms with Gasteiger partial charge < -0.3 is 16.4 Å². The summed E-state index contributed by atoms with van der Waals surface area (Å²) in [5.74, 6) is -0.413. The zero-order valence-corrected chi connectivity index (χ0v) is 11.7. The highest BCUT2D eigenvalue weighted by Crippen LogP contribution is 2.38. The Morgan fingerprint density at radius 2 is 2.17 bits per heavy atom. The maximum Gasteiger partial charge on any atom is 0.263 e. The summed E-state index contributed by atoms with van der Waals surface area (Å²) in [6.07, 6.45) is 2.58. The van der Waals surface area contributed by atoms with Crippen molar-refractivity contribution in [2.24, 2.45) is 0 Å². The van der Waals surface area contributed by atoms with Gasteiger partial charge in [-0.05, 0) is 0 Å². The van der Waals surface area contributed by atoms with Gasteiger partial charge in [0.25, 0.3) is 5.91 Å². The zero-order chi connectivity index (χ0) is 13.9. The van der Waals surface area contributed by atoms with E-state index < -0.39 is 15.7 Å². The summed E-state index contributed by atoms with van der Waals surface area (Å²) < 4.78 is 23.2. The first-order valence-corrected chi connectivity index (χ1v) is 7.72. The van der Waals surface area contributed by atoms with E-state index in [1.54, 1.807) is 7.05 Å². The minimum absolute atomic E-state index is 0.0200. The van der Waals surface area contributed by atoms with E-state index in [-0.39, 0.29) is 15.5 Å². The summed E-state index contributed by atoms with van der Waals surface area (Å²) >= 11 is 1.01. The largest absolute Gasteiger partial charge is 0.396 e. The van der Waals surface area contributed by atoms with Crippen LogP contribution in [0, 0.1) is 0 Å². The van der Waals surface area contributed by atoms with Gasteiger partial charge >= 0.3 is 0 Å². The number of nitrogen functional groups attached to an aromatic ring is 1. The van der Waals surface area contributed by atoms with Gasteiger partial charge in [-0.25, -0.2) is 8.42 Å². The molecule has 0 aliphatic heterocycles. The van der Waals surface area contributed by atoms with E-state index in [1.807, 2.05) is 0 Å². The van der Waals surface area contributed by atoms with Crippen molar-refractivity contribution in [2.75, 3.05) is 30.9 Å². The molecule has 0 saturated carbocycles. The lowest BCUT2D eigenvalue weighted by molar-refractivity contribution is 0.0963. The van der Waals surface area contributed by atoms with Gasteiger partial charge in [0.1, 0.15) is 14.8 Å². The van der Waals surface area contributed by atoms with Gasteiger partial charge in [0.15, 0.2) is 9.84 Å². The molecule has 1 heterocycles. The number of sulfone groups is 1. The maximum atomic E-state index is 11.8. The predicted molar refractivity (Wildman–Crippen MR) is 73.9 cm³/mol. The molecule has 4 N–H and O–H groups in total. The Bertz CT molecular complexity index is 575. The second-order valence-electron chi connectivity index (χ2n) is 3.52. The number of anilines is 2. The molecule has 0 unspecified atom stereocenters. The van der Waals surface area contributed by atoms with Crippen molar-refractivity contribution < 1.29 is 13.2 Å². The van der Waals surface area contributed by atoms with E-state index in [0.29, 0.717) is 11.5 Å². The Labute approximate surface area is 110 Å². The Morgan fingerprint density at radius 3 is 2.56 bits per heavy atom. The van der Waals surface area contributed by atoms with E-state index in [2.05, 4.69) is 17.2 Å². The molecule has 0 atom stereocenters. The first-order chi connectivity index (χ1) is 8.32. The van der Waals surface area contributed by atoms with Crippen LogP contribution in [0.25, 0.3) is 0 Å². The molecule has 0 aliphatic carbocycles. The number of nitrogens with two attached hydrogens (primary N) is 1. The van der Waals surface area contributed by atoms with Crippen LogP contribution in [0.15, 0.2) is 17.6 Å². The van der Waals surface area contributed by atoms with Crippen LogP contribution in [0.2, 0.25) is 0 Å². The fourth-order valence-corrected chi connectivity index (χ4v) is 3.85. The molecule has 0 radical (unpaired) electrons. The van der Waals surface area contributed by atoms with Crippen LogP contribution in [-0.4, -0.2) is 34.2 Å². The van der Waals surface area contributed by atoms with Crippen LogP contribution in [0.5, 0.6) is 0 Å². The number of nitrogens with one attached hydrogen (secondary N) is 2. The van der Waals surface area contributed by atoms with Crippen LogP contribution >= 0.6 is 11.3 Å². The molecule has 0 saturated heterocycles. The Morgan fingerprint density at radius 1 is 1.56 bits per heavy atom. The van der Waals surface area contributed by atoms with E-state index in [1.165, 1.54) is 6.08 Å². The van der Waals surface area contributed by atoms with Gasteiger partial charge in [-0.2, -0.15) is 0 Å². The smallest absolute Gasteiger partial charge is 0.263 e. The summed E-state index contributed by atoms with van der Waals surface area (Å²) in [5, 5.41) is 5.65. The summed E-state index contributed by atoms with van der Waals surface area (Å²) in [5.41, 5.74) is 5.72. The van der Waals surface area contributed by atoms with Crippen molar-refractivity contribution in [1.29, 1.82) is 0 Å². The van der Waals surface area contributed by atoms with Crippen molar-refractivity contribution in [1.82, 2.24) is 5.32 Å². The van der Waals surface area contributed by atoms with Crippen LogP contribution in [0.3, 0.4) is 0 Å². The third-order valence-corrected chi connectivity index (χ3v) is 4.63. The maximum absolute atomic E-state index is 11.8. The highest BCUT2D eigenvalue weighted by molar-refractivity contribution is 7.91. The van der Waals surface area contributed by atoms with Gasteiger partial charge in [0.05, 0.1) is 5.69 Å². The van der Waals surface area contributed by atoms with Gasteiger partial charge in [0, 0.05) is 19.8 Å². The molecule has 1 amide bonds. The first-order valence-electron chi connectivity index (χ1n) is 5.02. The minimum Gasteiger partial charge on any atom is -0.396 e. The first kappa shape index (κ1) is 14.5. The number of carbonyl (C=O) groups excluding carboxylic acids is 1. The van der Waals surface area contributed by atoms with E-state index in [0.717, 1.165) is 17.6 Å². The molecule has 18 heavy (non-hydrogen) atoms. The van der Waals surface area contributed by atoms with Gasteiger partial charge in [-0.15, -0.1) is 17.9 Å². The van der Waals surface area contributed by atoms with Crippen LogP contribution in [0.4, 0.5) is 10.7 Å². The molecule has 0 aromatic carbocycles. The van der Waals surface area contributed by atoms with E-state index >= 15 is 0 Å². The molecule has 100 valence electrons. The fourth-order valence-electron chi connectivity index (χ4n) is 1.38. The zero-order valence-electron chi connectivity index (χ0n) is 10.1. The number of hydrogen-bond donors (Lipinski definition) is 3. The molecule has 0 fully saturated rings. The Kier molecular flexibility index (Phi) is 4.36. The van der Waals surface area contributed by atoms with Crippen molar-refractivity contribution in [3.63, 3.8) is 0 Å². The number of hydrogen-bond acceptors (Lipinski definition) is 6. The number of carbonyl (C=O) groups is 1. The predicted octanol–water partition coefficient (Wildman–Crippen LogP) is 0.691. The molecule has 0 bridgehead atoms. The molecule has 6 nitrogen and oxygen atoms in total. The number of thiophene rings is 1. The molecule has 8 heteroatoms. The summed E-state index contributed by atoms with van der Waals surface area (Å²) in [4.78, 5) is 11.9. The van der Waals surface area contributed by atoms with E-state index in [4.69, 9.17) is 5.73 Å². The molecule has 1 aromatic heterocycles. The van der Waals surface area contributed by atoms with Crippen LogP contribution < -0.4 is 16.4 Å². The number of rotatable bonds is 5. The summed E-state index contributed by atoms with van der Waals surface area (Å²) in [6.45, 7) is 3.77. The van der Waals surface area contributed by atoms with Crippen molar-refractivity contribution in [3.05, 3.63) is 17.5 Å². The average molecular weight is 289 g/mol. The van der Waals surface area contributed by atoms with Crippen LogP contribution in [0.1, 0.15) is 9.67 Å². The summed E-state index contributed by atoms with van der Waals surface area (Å²) in [6, 6.07) is 0. The molecule has 1 aromatic rings. The summed E-state index contributed by atoms with van der Waals surface area (Å²) in [7, 11) is -1.91. The average Bonchev–Trinajstić information content (AvgIpc) is 2.62. The molecule has 1 rings (SSSR count). The lowest BCUT2D eigenvalue weighted by atomic mass is 10.3. The molecular formula is C10H15N3O3S2. The van der Waals surface area contributed by atoms with Crippen LogP contribution in [-0.2, 0) is 9.84 Å². The minimum atomic E-state index is -3.49.